The fourth-order valence-corrected chi connectivity index (χ4v) is 2.91. The first kappa shape index (κ1) is 12.1. The number of aryl methyl sites for hydroxylation is 1. The molecule has 5 heteroatoms. The van der Waals surface area contributed by atoms with Gasteiger partial charge in [0.15, 0.2) is 0 Å². The molecular formula is C13H22N4O. The second-order valence-electron chi connectivity index (χ2n) is 5.56. The molecule has 1 unspecified atom stereocenters. The third-order valence-corrected chi connectivity index (χ3v) is 4.36. The van der Waals surface area contributed by atoms with Crippen molar-refractivity contribution in [2.75, 3.05) is 26.3 Å². The van der Waals surface area contributed by atoms with Crippen molar-refractivity contribution in [3.8, 4) is 0 Å². The molecule has 100 valence electrons. The number of ether oxygens (including phenoxy) is 1. The Labute approximate surface area is 108 Å². The molecule has 5 nitrogen and oxygen atoms in total. The Kier molecular flexibility index (Phi) is 3.61. The molecule has 2 fully saturated rings. The second kappa shape index (κ2) is 5.36. The maximum Gasteiger partial charge on any atom is 0.140 e. The summed E-state index contributed by atoms with van der Waals surface area (Å²) in [6, 6.07) is 0. The predicted molar refractivity (Wildman–Crippen MR) is 67.9 cm³/mol. The van der Waals surface area contributed by atoms with Crippen LogP contribution >= 0.6 is 0 Å². The lowest BCUT2D eigenvalue weighted by atomic mass is 9.76. The lowest BCUT2D eigenvalue weighted by Gasteiger charge is -2.34. The second-order valence-corrected chi connectivity index (χ2v) is 5.56. The SMILES string of the molecule is Cn1ncnc1CN1CCOCC(C2CCC2)C1. The van der Waals surface area contributed by atoms with Crippen LogP contribution in [0.5, 0.6) is 0 Å². The third kappa shape index (κ3) is 2.57. The summed E-state index contributed by atoms with van der Waals surface area (Å²) < 4.78 is 7.62. The minimum absolute atomic E-state index is 0.717. The maximum absolute atomic E-state index is 5.76. The molecule has 1 aliphatic carbocycles. The molecule has 0 amide bonds. The van der Waals surface area contributed by atoms with Gasteiger partial charge in [0, 0.05) is 20.1 Å². The number of aromatic nitrogens is 3. The first-order valence-electron chi connectivity index (χ1n) is 6.96. The smallest absolute Gasteiger partial charge is 0.140 e. The van der Waals surface area contributed by atoms with Crippen LogP contribution < -0.4 is 0 Å². The van der Waals surface area contributed by atoms with E-state index in [0.717, 1.165) is 50.5 Å². The minimum Gasteiger partial charge on any atom is -0.380 e. The fraction of sp³-hybridized carbons (Fsp3) is 0.846. The van der Waals surface area contributed by atoms with Gasteiger partial charge in [0.2, 0.25) is 0 Å². The van der Waals surface area contributed by atoms with Gasteiger partial charge in [-0.25, -0.2) is 4.98 Å². The average molecular weight is 250 g/mol. The molecule has 1 aliphatic heterocycles. The maximum atomic E-state index is 5.76. The predicted octanol–water partition coefficient (Wildman–Crippen LogP) is 1.06. The van der Waals surface area contributed by atoms with E-state index in [2.05, 4.69) is 15.0 Å². The first-order valence-corrected chi connectivity index (χ1v) is 6.96. The topological polar surface area (TPSA) is 43.2 Å². The van der Waals surface area contributed by atoms with Gasteiger partial charge in [-0.2, -0.15) is 5.10 Å². The number of hydrogen-bond donors (Lipinski definition) is 0. The van der Waals surface area contributed by atoms with Gasteiger partial charge in [0.1, 0.15) is 12.2 Å². The van der Waals surface area contributed by atoms with Gasteiger partial charge in [-0.05, 0) is 11.8 Å². The molecule has 1 aromatic heterocycles. The zero-order valence-corrected chi connectivity index (χ0v) is 11.1. The summed E-state index contributed by atoms with van der Waals surface area (Å²) in [4.78, 5) is 6.79. The molecular weight excluding hydrogens is 228 g/mol. The fourth-order valence-electron chi connectivity index (χ4n) is 2.91. The molecule has 18 heavy (non-hydrogen) atoms. The molecule has 0 radical (unpaired) electrons. The van der Waals surface area contributed by atoms with Crippen LogP contribution in [-0.4, -0.2) is 46.0 Å². The van der Waals surface area contributed by atoms with E-state index in [0.29, 0.717) is 0 Å². The summed E-state index contributed by atoms with van der Waals surface area (Å²) in [6.45, 7) is 4.84. The molecule has 1 saturated heterocycles. The van der Waals surface area contributed by atoms with Gasteiger partial charge in [-0.1, -0.05) is 19.3 Å². The summed E-state index contributed by atoms with van der Waals surface area (Å²) in [6.07, 6.45) is 5.83. The number of rotatable bonds is 3. The van der Waals surface area contributed by atoms with Gasteiger partial charge >= 0.3 is 0 Å². The highest BCUT2D eigenvalue weighted by atomic mass is 16.5. The Bertz CT molecular complexity index is 388. The summed E-state index contributed by atoms with van der Waals surface area (Å²) >= 11 is 0. The van der Waals surface area contributed by atoms with E-state index < -0.39 is 0 Å². The minimum atomic E-state index is 0.717. The van der Waals surface area contributed by atoms with E-state index in [1.54, 1.807) is 6.33 Å². The standard InChI is InChI=1S/C13H22N4O/c1-16-13(14-10-15-16)8-17-5-6-18-9-12(7-17)11-3-2-4-11/h10-12H,2-9H2,1H3. The number of hydrogen-bond acceptors (Lipinski definition) is 4. The number of nitrogens with zero attached hydrogens (tertiary/aromatic N) is 4. The van der Waals surface area contributed by atoms with Crippen molar-refractivity contribution in [3.05, 3.63) is 12.2 Å². The molecule has 3 rings (SSSR count). The van der Waals surface area contributed by atoms with Gasteiger partial charge < -0.3 is 4.74 Å². The van der Waals surface area contributed by atoms with Gasteiger partial charge in [-0.15, -0.1) is 0 Å². The van der Waals surface area contributed by atoms with E-state index in [1.165, 1.54) is 19.3 Å². The van der Waals surface area contributed by atoms with E-state index in [9.17, 15) is 0 Å². The van der Waals surface area contributed by atoms with E-state index in [-0.39, 0.29) is 0 Å². The lowest BCUT2D eigenvalue weighted by Crippen LogP contribution is -2.35. The molecule has 2 aliphatic rings. The van der Waals surface area contributed by atoms with Crippen LogP contribution in [0.4, 0.5) is 0 Å². The third-order valence-electron chi connectivity index (χ3n) is 4.36. The first-order chi connectivity index (χ1) is 8.83. The molecule has 1 saturated carbocycles. The monoisotopic (exact) mass is 250 g/mol. The van der Waals surface area contributed by atoms with Crippen LogP contribution in [0.2, 0.25) is 0 Å². The van der Waals surface area contributed by atoms with Crippen LogP contribution in [0.15, 0.2) is 6.33 Å². The molecule has 0 aromatic carbocycles. The van der Waals surface area contributed by atoms with Crippen molar-refractivity contribution in [1.29, 1.82) is 0 Å². The molecule has 0 N–H and O–H groups in total. The highest BCUT2D eigenvalue weighted by Gasteiger charge is 2.30. The average Bonchev–Trinajstić information content (AvgIpc) is 2.56. The van der Waals surface area contributed by atoms with E-state index in [4.69, 9.17) is 4.74 Å². The Morgan fingerprint density at radius 3 is 2.94 bits per heavy atom. The lowest BCUT2D eigenvalue weighted by molar-refractivity contribution is 0.0769. The van der Waals surface area contributed by atoms with Crippen molar-refractivity contribution in [3.63, 3.8) is 0 Å². The Balaban J connectivity index is 1.61. The zero-order valence-electron chi connectivity index (χ0n) is 11.1. The van der Waals surface area contributed by atoms with Crippen molar-refractivity contribution in [1.82, 2.24) is 19.7 Å². The van der Waals surface area contributed by atoms with Crippen LogP contribution in [0, 0.1) is 11.8 Å². The van der Waals surface area contributed by atoms with Crippen molar-refractivity contribution in [2.45, 2.75) is 25.8 Å². The van der Waals surface area contributed by atoms with Crippen LogP contribution in [-0.2, 0) is 18.3 Å². The van der Waals surface area contributed by atoms with Gasteiger partial charge in [-0.3, -0.25) is 9.58 Å². The summed E-state index contributed by atoms with van der Waals surface area (Å²) in [7, 11) is 1.96. The van der Waals surface area contributed by atoms with Crippen LogP contribution in [0.3, 0.4) is 0 Å². The van der Waals surface area contributed by atoms with Crippen molar-refractivity contribution >= 4 is 0 Å². The van der Waals surface area contributed by atoms with Gasteiger partial charge in [0.05, 0.1) is 19.8 Å². The zero-order chi connectivity index (χ0) is 12.4. The van der Waals surface area contributed by atoms with Crippen molar-refractivity contribution in [2.24, 2.45) is 18.9 Å². The van der Waals surface area contributed by atoms with Crippen LogP contribution in [0.25, 0.3) is 0 Å². The molecule has 0 spiro atoms. The Hall–Kier alpha value is -0.940. The van der Waals surface area contributed by atoms with Crippen LogP contribution in [0.1, 0.15) is 25.1 Å². The molecule has 1 aromatic rings. The highest BCUT2D eigenvalue weighted by Crippen LogP contribution is 2.34. The normalized spacial score (nSPS) is 26.8. The van der Waals surface area contributed by atoms with E-state index in [1.807, 2.05) is 11.7 Å². The summed E-state index contributed by atoms with van der Waals surface area (Å²) in [5, 5.41) is 4.13. The van der Waals surface area contributed by atoms with Crippen molar-refractivity contribution < 1.29 is 4.74 Å². The molecule has 0 bridgehead atoms. The Morgan fingerprint density at radius 2 is 2.28 bits per heavy atom. The molecule has 1 atom stereocenters. The quantitative estimate of drug-likeness (QED) is 0.804. The largest absolute Gasteiger partial charge is 0.380 e. The van der Waals surface area contributed by atoms with Gasteiger partial charge in [0.25, 0.3) is 0 Å². The highest BCUT2D eigenvalue weighted by molar-refractivity contribution is 4.87. The Morgan fingerprint density at radius 1 is 1.39 bits per heavy atom. The van der Waals surface area contributed by atoms with E-state index >= 15 is 0 Å². The summed E-state index contributed by atoms with van der Waals surface area (Å²) in [5.41, 5.74) is 0. The molecule has 2 heterocycles. The summed E-state index contributed by atoms with van der Waals surface area (Å²) in [5.74, 6) is 2.66.